The van der Waals surface area contributed by atoms with E-state index >= 15 is 0 Å². The summed E-state index contributed by atoms with van der Waals surface area (Å²) in [5.74, 6) is 0.940. The SMILES string of the molecule is CN(C)c1ccc(N[C@@H]2CCCN(C(=O)Nc3cnn(C)c3)CC2)cn1. The van der Waals surface area contributed by atoms with Crippen molar-refractivity contribution in [2.24, 2.45) is 7.05 Å². The van der Waals surface area contributed by atoms with Crippen LogP contribution in [-0.4, -0.2) is 58.9 Å². The third-order valence-corrected chi connectivity index (χ3v) is 4.55. The number of hydrogen-bond donors (Lipinski definition) is 2. The summed E-state index contributed by atoms with van der Waals surface area (Å²) >= 11 is 0. The third-order valence-electron chi connectivity index (χ3n) is 4.55. The maximum atomic E-state index is 12.4. The highest BCUT2D eigenvalue weighted by molar-refractivity contribution is 5.89. The lowest BCUT2D eigenvalue weighted by Gasteiger charge is -2.21. The molecule has 0 saturated carbocycles. The van der Waals surface area contributed by atoms with Crippen molar-refractivity contribution in [3.63, 3.8) is 0 Å². The van der Waals surface area contributed by atoms with Gasteiger partial charge in [0.05, 0.1) is 23.8 Å². The fourth-order valence-electron chi connectivity index (χ4n) is 3.10. The van der Waals surface area contributed by atoms with Gasteiger partial charge in [-0.1, -0.05) is 0 Å². The zero-order chi connectivity index (χ0) is 18.5. The van der Waals surface area contributed by atoms with Gasteiger partial charge in [-0.2, -0.15) is 5.10 Å². The van der Waals surface area contributed by atoms with Crippen LogP contribution in [0.15, 0.2) is 30.7 Å². The van der Waals surface area contributed by atoms with E-state index in [2.05, 4.69) is 26.8 Å². The highest BCUT2D eigenvalue weighted by Gasteiger charge is 2.21. The van der Waals surface area contributed by atoms with E-state index in [1.165, 1.54) is 0 Å². The fraction of sp³-hybridized carbons (Fsp3) is 0.500. The molecule has 0 aromatic carbocycles. The van der Waals surface area contributed by atoms with E-state index in [-0.39, 0.29) is 6.03 Å². The summed E-state index contributed by atoms with van der Waals surface area (Å²) < 4.78 is 1.67. The first-order chi connectivity index (χ1) is 12.5. The van der Waals surface area contributed by atoms with Gasteiger partial charge < -0.3 is 20.4 Å². The molecular weight excluding hydrogens is 330 g/mol. The number of hydrogen-bond acceptors (Lipinski definition) is 5. The summed E-state index contributed by atoms with van der Waals surface area (Å²) in [7, 11) is 5.79. The predicted molar refractivity (Wildman–Crippen MR) is 104 cm³/mol. The Kier molecular flexibility index (Phi) is 5.60. The lowest BCUT2D eigenvalue weighted by Crippen LogP contribution is -2.36. The van der Waals surface area contributed by atoms with Crippen molar-refractivity contribution in [1.29, 1.82) is 0 Å². The van der Waals surface area contributed by atoms with E-state index in [9.17, 15) is 4.79 Å². The number of amides is 2. The van der Waals surface area contributed by atoms with E-state index in [4.69, 9.17) is 0 Å². The van der Waals surface area contributed by atoms with Crippen LogP contribution in [0.5, 0.6) is 0 Å². The van der Waals surface area contributed by atoms with Crippen molar-refractivity contribution < 1.29 is 4.79 Å². The Morgan fingerprint density at radius 3 is 2.69 bits per heavy atom. The fourth-order valence-corrected chi connectivity index (χ4v) is 3.10. The molecule has 1 atom stereocenters. The number of nitrogens with one attached hydrogen (secondary N) is 2. The molecule has 1 aliphatic heterocycles. The van der Waals surface area contributed by atoms with Crippen LogP contribution in [0.2, 0.25) is 0 Å². The average Bonchev–Trinajstić information content (AvgIpc) is 2.88. The Morgan fingerprint density at radius 2 is 2.04 bits per heavy atom. The number of anilines is 3. The lowest BCUT2D eigenvalue weighted by atomic mass is 10.1. The molecular formula is C18H27N7O. The maximum Gasteiger partial charge on any atom is 0.321 e. The van der Waals surface area contributed by atoms with Gasteiger partial charge in [-0.05, 0) is 31.4 Å². The van der Waals surface area contributed by atoms with Crippen LogP contribution >= 0.6 is 0 Å². The summed E-state index contributed by atoms with van der Waals surface area (Å²) in [6.45, 7) is 1.50. The zero-order valence-corrected chi connectivity index (χ0v) is 15.6. The maximum absolute atomic E-state index is 12.4. The summed E-state index contributed by atoms with van der Waals surface area (Å²) in [4.78, 5) is 20.7. The molecule has 0 aliphatic carbocycles. The zero-order valence-electron chi connectivity index (χ0n) is 15.6. The molecule has 140 valence electrons. The second kappa shape index (κ2) is 8.07. The average molecular weight is 357 g/mol. The molecule has 1 fully saturated rings. The van der Waals surface area contributed by atoms with Crippen molar-refractivity contribution in [3.05, 3.63) is 30.7 Å². The molecule has 3 rings (SSSR count). The number of pyridine rings is 1. The van der Waals surface area contributed by atoms with Crippen LogP contribution in [0.25, 0.3) is 0 Å². The molecule has 8 heteroatoms. The number of aromatic nitrogens is 3. The van der Waals surface area contributed by atoms with Crippen molar-refractivity contribution in [3.8, 4) is 0 Å². The molecule has 3 heterocycles. The Hall–Kier alpha value is -2.77. The van der Waals surface area contributed by atoms with Crippen LogP contribution < -0.4 is 15.5 Å². The van der Waals surface area contributed by atoms with Gasteiger partial charge in [0.25, 0.3) is 0 Å². The molecule has 2 N–H and O–H groups in total. The van der Waals surface area contributed by atoms with E-state index in [1.807, 2.05) is 43.2 Å². The largest absolute Gasteiger partial charge is 0.381 e. The van der Waals surface area contributed by atoms with Gasteiger partial charge in [0.2, 0.25) is 0 Å². The highest BCUT2D eigenvalue weighted by Crippen LogP contribution is 2.19. The smallest absolute Gasteiger partial charge is 0.321 e. The van der Waals surface area contributed by atoms with Gasteiger partial charge in [-0.25, -0.2) is 9.78 Å². The minimum atomic E-state index is -0.0596. The number of aryl methyl sites for hydroxylation is 1. The molecule has 0 bridgehead atoms. The van der Waals surface area contributed by atoms with Gasteiger partial charge in [0.1, 0.15) is 5.82 Å². The quantitative estimate of drug-likeness (QED) is 0.878. The van der Waals surface area contributed by atoms with E-state index < -0.39 is 0 Å². The standard InChI is InChI=1S/C18H27N7O/c1-23(2)17-7-6-15(11-19-17)21-14-5-4-9-25(10-8-14)18(26)22-16-12-20-24(3)13-16/h6-7,11-14,21H,4-5,8-10H2,1-3H3,(H,22,26)/t14-/m1/s1. The predicted octanol–water partition coefficient (Wildman–Crippen LogP) is 2.38. The van der Waals surface area contributed by atoms with Crippen LogP contribution in [0.1, 0.15) is 19.3 Å². The molecule has 0 spiro atoms. The number of carbonyl (C=O) groups excluding carboxylic acids is 1. The molecule has 2 aromatic heterocycles. The minimum absolute atomic E-state index is 0.0596. The van der Waals surface area contributed by atoms with Crippen molar-refractivity contribution in [2.45, 2.75) is 25.3 Å². The molecule has 0 radical (unpaired) electrons. The van der Waals surface area contributed by atoms with E-state index in [0.717, 1.165) is 49.5 Å². The van der Waals surface area contributed by atoms with Crippen LogP contribution in [-0.2, 0) is 7.05 Å². The third kappa shape index (κ3) is 4.65. The van der Waals surface area contributed by atoms with Gasteiger partial charge in [0.15, 0.2) is 0 Å². The van der Waals surface area contributed by atoms with E-state index in [0.29, 0.717) is 6.04 Å². The first-order valence-corrected chi connectivity index (χ1v) is 8.96. The normalized spacial score (nSPS) is 17.5. The van der Waals surface area contributed by atoms with Crippen LogP contribution in [0.3, 0.4) is 0 Å². The summed E-state index contributed by atoms with van der Waals surface area (Å²) in [5, 5.41) is 10.5. The molecule has 0 unspecified atom stereocenters. The topological polar surface area (TPSA) is 78.3 Å². The summed E-state index contributed by atoms with van der Waals surface area (Å²) in [5.41, 5.74) is 1.75. The first-order valence-electron chi connectivity index (χ1n) is 8.96. The number of likely N-dealkylation sites (tertiary alicyclic amines) is 1. The molecule has 8 nitrogen and oxygen atoms in total. The van der Waals surface area contributed by atoms with E-state index in [1.54, 1.807) is 17.1 Å². The van der Waals surface area contributed by atoms with Crippen molar-refractivity contribution >= 4 is 23.2 Å². The number of urea groups is 1. The second-order valence-corrected chi connectivity index (χ2v) is 6.89. The van der Waals surface area contributed by atoms with Crippen LogP contribution in [0.4, 0.5) is 22.0 Å². The first kappa shape index (κ1) is 18.0. The number of nitrogens with zero attached hydrogens (tertiary/aromatic N) is 5. The van der Waals surface area contributed by atoms with Crippen molar-refractivity contribution in [2.75, 3.05) is 42.7 Å². The Balaban J connectivity index is 1.52. The highest BCUT2D eigenvalue weighted by atomic mass is 16.2. The van der Waals surface area contributed by atoms with Crippen LogP contribution in [0, 0.1) is 0 Å². The molecule has 1 aliphatic rings. The monoisotopic (exact) mass is 357 g/mol. The van der Waals surface area contributed by atoms with Gasteiger partial charge >= 0.3 is 6.03 Å². The summed E-state index contributed by atoms with van der Waals surface area (Å²) in [6.07, 6.45) is 8.24. The van der Waals surface area contributed by atoms with Gasteiger partial charge in [-0.3, -0.25) is 4.68 Å². The van der Waals surface area contributed by atoms with Gasteiger partial charge in [-0.15, -0.1) is 0 Å². The molecule has 2 aromatic rings. The Morgan fingerprint density at radius 1 is 1.19 bits per heavy atom. The second-order valence-electron chi connectivity index (χ2n) is 6.89. The number of rotatable bonds is 4. The summed E-state index contributed by atoms with van der Waals surface area (Å²) in [6, 6.07) is 4.35. The van der Waals surface area contributed by atoms with Gasteiger partial charge in [0, 0.05) is 46.5 Å². The lowest BCUT2D eigenvalue weighted by molar-refractivity contribution is 0.213. The van der Waals surface area contributed by atoms with Crippen molar-refractivity contribution in [1.82, 2.24) is 19.7 Å². The molecule has 2 amide bonds. The Bertz CT molecular complexity index is 725. The number of carbonyl (C=O) groups is 1. The minimum Gasteiger partial charge on any atom is -0.381 e. The Labute approximate surface area is 154 Å². The molecule has 1 saturated heterocycles. The molecule has 26 heavy (non-hydrogen) atoms.